The van der Waals surface area contributed by atoms with Crippen LogP contribution in [0.15, 0.2) is 47.8 Å². The summed E-state index contributed by atoms with van der Waals surface area (Å²) in [6.45, 7) is 6.21. The number of piperazine rings is 1. The molecule has 0 aliphatic carbocycles. The molecule has 1 saturated heterocycles. The van der Waals surface area contributed by atoms with Crippen molar-refractivity contribution in [3.05, 3.63) is 48.7 Å². The number of halogens is 1. The van der Waals surface area contributed by atoms with Crippen molar-refractivity contribution in [2.45, 2.75) is 6.54 Å². The highest BCUT2D eigenvalue weighted by Gasteiger charge is 2.18. The Bertz CT molecular complexity index is 937. The second-order valence-corrected chi connectivity index (χ2v) is 6.78. The Morgan fingerprint density at radius 2 is 1.83 bits per heavy atom. The molecule has 30 heavy (non-hydrogen) atoms. The van der Waals surface area contributed by atoms with Gasteiger partial charge < -0.3 is 15.5 Å². The third kappa shape index (κ3) is 5.53. The summed E-state index contributed by atoms with van der Waals surface area (Å²) < 4.78 is 1.97. The molecule has 4 rings (SSSR count). The average Bonchev–Trinajstić information content (AvgIpc) is 3.20. The van der Waals surface area contributed by atoms with Crippen molar-refractivity contribution in [2.75, 3.05) is 51.2 Å². The lowest BCUT2D eigenvalue weighted by Crippen LogP contribution is -2.49. The maximum absolute atomic E-state index is 4.33. The second-order valence-electron chi connectivity index (χ2n) is 6.78. The van der Waals surface area contributed by atoms with Crippen LogP contribution in [0.25, 0.3) is 5.65 Å². The highest BCUT2D eigenvalue weighted by molar-refractivity contribution is 14.0. The summed E-state index contributed by atoms with van der Waals surface area (Å²) in [6, 6.07) is 7.70. The Hall–Kier alpha value is -2.54. The zero-order valence-electron chi connectivity index (χ0n) is 17.0. The molecule has 10 nitrogen and oxygen atoms in total. The van der Waals surface area contributed by atoms with E-state index in [1.807, 2.05) is 34.9 Å². The van der Waals surface area contributed by atoms with Gasteiger partial charge in [-0.1, -0.05) is 6.07 Å². The van der Waals surface area contributed by atoms with Crippen LogP contribution in [0.1, 0.15) is 5.82 Å². The third-order valence-corrected chi connectivity index (χ3v) is 4.95. The SMILES string of the molecule is CN=C(NCCN1CCN(c2ncccn2)CC1)NCc1nnc2ccccn12.I. The first kappa shape index (κ1) is 22.2. The van der Waals surface area contributed by atoms with Crippen molar-refractivity contribution in [3.63, 3.8) is 0 Å². The minimum Gasteiger partial charge on any atom is -0.355 e. The minimum atomic E-state index is 0. The summed E-state index contributed by atoms with van der Waals surface area (Å²) >= 11 is 0. The minimum absolute atomic E-state index is 0. The predicted octanol–water partition coefficient (Wildman–Crippen LogP) is 0.625. The van der Waals surface area contributed by atoms with Crippen LogP contribution in [-0.2, 0) is 6.54 Å². The van der Waals surface area contributed by atoms with E-state index < -0.39 is 0 Å². The smallest absolute Gasteiger partial charge is 0.225 e. The fraction of sp³-hybridized carbons (Fsp3) is 0.421. The average molecular weight is 522 g/mol. The first-order valence-electron chi connectivity index (χ1n) is 9.81. The van der Waals surface area contributed by atoms with Gasteiger partial charge in [-0.05, 0) is 18.2 Å². The van der Waals surface area contributed by atoms with Crippen molar-refractivity contribution in [1.29, 1.82) is 0 Å². The van der Waals surface area contributed by atoms with Gasteiger partial charge in [0.15, 0.2) is 17.4 Å². The number of fused-ring (bicyclic) bond motifs is 1. The van der Waals surface area contributed by atoms with E-state index in [4.69, 9.17) is 0 Å². The van der Waals surface area contributed by atoms with Gasteiger partial charge in [-0.3, -0.25) is 14.3 Å². The van der Waals surface area contributed by atoms with Crippen LogP contribution in [0.2, 0.25) is 0 Å². The molecule has 3 aromatic heterocycles. The number of rotatable bonds is 6. The van der Waals surface area contributed by atoms with E-state index in [-0.39, 0.29) is 24.0 Å². The van der Waals surface area contributed by atoms with Gasteiger partial charge in [0.25, 0.3) is 0 Å². The molecule has 0 saturated carbocycles. The molecule has 0 aromatic carbocycles. The number of guanidine groups is 1. The predicted molar refractivity (Wildman–Crippen MR) is 127 cm³/mol. The maximum Gasteiger partial charge on any atom is 0.225 e. The quantitative estimate of drug-likeness (QED) is 0.277. The largest absolute Gasteiger partial charge is 0.355 e. The monoisotopic (exact) mass is 522 g/mol. The zero-order chi connectivity index (χ0) is 19.9. The fourth-order valence-corrected chi connectivity index (χ4v) is 3.35. The van der Waals surface area contributed by atoms with Gasteiger partial charge >= 0.3 is 0 Å². The summed E-state index contributed by atoms with van der Waals surface area (Å²) in [5, 5.41) is 15.1. The Balaban J connectivity index is 0.00000256. The summed E-state index contributed by atoms with van der Waals surface area (Å²) in [7, 11) is 1.77. The molecule has 11 heteroatoms. The molecule has 0 atom stereocenters. The molecule has 0 spiro atoms. The van der Waals surface area contributed by atoms with Crippen molar-refractivity contribution in [1.82, 2.24) is 40.1 Å². The molecule has 1 aliphatic heterocycles. The Labute approximate surface area is 192 Å². The van der Waals surface area contributed by atoms with Gasteiger partial charge in [0.1, 0.15) is 0 Å². The molecule has 0 unspecified atom stereocenters. The molecule has 0 amide bonds. The normalized spacial score (nSPS) is 15.1. The Morgan fingerprint density at radius 3 is 2.60 bits per heavy atom. The molecule has 0 bridgehead atoms. The molecule has 2 N–H and O–H groups in total. The van der Waals surface area contributed by atoms with Crippen LogP contribution >= 0.6 is 24.0 Å². The van der Waals surface area contributed by atoms with E-state index in [0.29, 0.717) is 6.54 Å². The van der Waals surface area contributed by atoms with E-state index in [9.17, 15) is 0 Å². The summed E-state index contributed by atoms with van der Waals surface area (Å²) in [4.78, 5) is 17.6. The number of nitrogens with one attached hydrogen (secondary N) is 2. The molecular weight excluding hydrogens is 495 g/mol. The molecule has 1 aliphatic rings. The number of hydrogen-bond donors (Lipinski definition) is 2. The number of pyridine rings is 1. The summed E-state index contributed by atoms with van der Waals surface area (Å²) in [6.07, 6.45) is 5.54. The first-order valence-corrected chi connectivity index (χ1v) is 9.81. The van der Waals surface area contributed by atoms with Crippen molar-refractivity contribution < 1.29 is 0 Å². The Morgan fingerprint density at radius 1 is 1.03 bits per heavy atom. The van der Waals surface area contributed by atoms with Gasteiger partial charge in [0.2, 0.25) is 5.95 Å². The van der Waals surface area contributed by atoms with E-state index in [2.05, 4.69) is 45.6 Å². The van der Waals surface area contributed by atoms with Crippen molar-refractivity contribution in [2.24, 2.45) is 4.99 Å². The van der Waals surface area contributed by atoms with Gasteiger partial charge in [0, 0.05) is 64.9 Å². The first-order chi connectivity index (χ1) is 14.3. The van der Waals surface area contributed by atoms with Crippen molar-refractivity contribution in [3.8, 4) is 0 Å². The molecule has 160 valence electrons. The van der Waals surface area contributed by atoms with E-state index >= 15 is 0 Å². The summed E-state index contributed by atoms with van der Waals surface area (Å²) in [5.41, 5.74) is 0.840. The number of hydrogen-bond acceptors (Lipinski definition) is 7. The van der Waals surface area contributed by atoms with Crippen LogP contribution in [0.5, 0.6) is 0 Å². The van der Waals surface area contributed by atoms with Crippen LogP contribution in [0.3, 0.4) is 0 Å². The van der Waals surface area contributed by atoms with Crippen molar-refractivity contribution >= 4 is 41.5 Å². The molecule has 0 radical (unpaired) electrons. The van der Waals surface area contributed by atoms with E-state index in [1.54, 1.807) is 19.4 Å². The van der Waals surface area contributed by atoms with E-state index in [0.717, 1.165) is 62.6 Å². The zero-order valence-corrected chi connectivity index (χ0v) is 19.3. The number of anilines is 1. The second kappa shape index (κ2) is 11.0. The highest BCUT2D eigenvalue weighted by atomic mass is 127. The number of aliphatic imine (C=N–C) groups is 1. The van der Waals surface area contributed by atoms with Crippen LogP contribution in [-0.4, -0.2) is 81.7 Å². The van der Waals surface area contributed by atoms with Crippen LogP contribution in [0.4, 0.5) is 5.95 Å². The van der Waals surface area contributed by atoms with Crippen LogP contribution in [0, 0.1) is 0 Å². The van der Waals surface area contributed by atoms with Gasteiger partial charge in [0.05, 0.1) is 6.54 Å². The highest BCUT2D eigenvalue weighted by Crippen LogP contribution is 2.09. The Kier molecular flexibility index (Phi) is 8.13. The summed E-state index contributed by atoms with van der Waals surface area (Å²) in [5.74, 6) is 2.42. The van der Waals surface area contributed by atoms with E-state index in [1.165, 1.54) is 0 Å². The van der Waals surface area contributed by atoms with Gasteiger partial charge in [-0.15, -0.1) is 34.2 Å². The molecule has 3 aromatic rings. The van der Waals surface area contributed by atoms with Gasteiger partial charge in [-0.25, -0.2) is 9.97 Å². The number of aromatic nitrogens is 5. The molecule has 4 heterocycles. The van der Waals surface area contributed by atoms with Crippen LogP contribution < -0.4 is 15.5 Å². The lowest BCUT2D eigenvalue weighted by molar-refractivity contribution is 0.260. The number of nitrogens with zero attached hydrogens (tertiary/aromatic N) is 8. The lowest BCUT2D eigenvalue weighted by Gasteiger charge is -2.34. The molecule has 1 fully saturated rings. The lowest BCUT2D eigenvalue weighted by atomic mass is 10.3. The standard InChI is InChI=1S/C19H26N10.HI/c1-20-18(24-15-17-26-25-16-5-2-3-9-29(16)17)21-8-10-27-11-13-28(14-12-27)19-22-6-4-7-23-19;/h2-7,9H,8,10-15H2,1H3,(H2,20,21,24);1H. The topological polar surface area (TPSA) is 98.9 Å². The third-order valence-electron chi connectivity index (χ3n) is 4.95. The fourth-order valence-electron chi connectivity index (χ4n) is 3.35. The molecular formula is C19H27IN10. The maximum atomic E-state index is 4.33. The van der Waals surface area contributed by atoms with Gasteiger partial charge in [-0.2, -0.15) is 0 Å².